The van der Waals surface area contributed by atoms with Gasteiger partial charge in [0.1, 0.15) is 0 Å². The quantitative estimate of drug-likeness (QED) is 0.555. The van der Waals surface area contributed by atoms with Gasteiger partial charge in [-0.2, -0.15) is 0 Å². The standard InChI is InChI=1S/C8H10N2OS/c1-6(2)5-10-4-3-7(11)9-8(10)12/h3-4H,1,5H2,2H3,(H,9,11,12). The van der Waals surface area contributed by atoms with Crippen molar-refractivity contribution in [3.8, 4) is 0 Å². The highest BCUT2D eigenvalue weighted by atomic mass is 32.1. The Bertz CT molecular complexity index is 402. The Labute approximate surface area is 75.4 Å². The molecular formula is C8H10N2OS. The molecule has 0 amide bonds. The number of aromatic amines is 1. The number of H-pyrrole nitrogens is 1. The SMILES string of the molecule is C=C(C)Cn1ccc(=O)[nH]c1=S. The van der Waals surface area contributed by atoms with Crippen molar-refractivity contribution in [1.82, 2.24) is 9.55 Å². The minimum absolute atomic E-state index is 0.169. The smallest absolute Gasteiger partial charge is 0.251 e. The Balaban J connectivity index is 3.10. The first-order chi connectivity index (χ1) is 5.59. The van der Waals surface area contributed by atoms with Crippen molar-refractivity contribution in [2.24, 2.45) is 0 Å². The first-order valence-corrected chi connectivity index (χ1v) is 3.94. The molecule has 0 aliphatic heterocycles. The maximum absolute atomic E-state index is 10.8. The Morgan fingerprint density at radius 1 is 1.83 bits per heavy atom. The van der Waals surface area contributed by atoms with E-state index in [0.717, 1.165) is 5.57 Å². The van der Waals surface area contributed by atoms with Crippen LogP contribution in [0.25, 0.3) is 0 Å². The minimum atomic E-state index is -0.169. The number of allylic oxidation sites excluding steroid dienone is 1. The fraction of sp³-hybridized carbons (Fsp3) is 0.250. The third kappa shape index (κ3) is 2.17. The van der Waals surface area contributed by atoms with Crippen LogP contribution in [0.2, 0.25) is 0 Å². The van der Waals surface area contributed by atoms with Crippen molar-refractivity contribution in [1.29, 1.82) is 0 Å². The molecule has 3 nitrogen and oxygen atoms in total. The third-order valence-electron chi connectivity index (χ3n) is 1.34. The van der Waals surface area contributed by atoms with Crippen molar-refractivity contribution in [2.45, 2.75) is 13.5 Å². The summed E-state index contributed by atoms with van der Waals surface area (Å²) >= 11 is 4.92. The van der Waals surface area contributed by atoms with Crippen LogP contribution < -0.4 is 5.56 Å². The Kier molecular flexibility index (Phi) is 2.60. The van der Waals surface area contributed by atoms with Gasteiger partial charge < -0.3 is 4.57 Å². The van der Waals surface area contributed by atoms with Crippen LogP contribution in [0.3, 0.4) is 0 Å². The average molecular weight is 182 g/mol. The molecule has 1 N–H and O–H groups in total. The molecule has 12 heavy (non-hydrogen) atoms. The van der Waals surface area contributed by atoms with E-state index >= 15 is 0 Å². The molecule has 0 bridgehead atoms. The normalized spacial score (nSPS) is 9.75. The van der Waals surface area contributed by atoms with Crippen molar-refractivity contribution < 1.29 is 0 Å². The van der Waals surface area contributed by atoms with E-state index in [2.05, 4.69) is 11.6 Å². The Hall–Kier alpha value is -1.16. The van der Waals surface area contributed by atoms with Gasteiger partial charge in [-0.1, -0.05) is 12.2 Å². The summed E-state index contributed by atoms with van der Waals surface area (Å²) in [6, 6.07) is 1.44. The van der Waals surface area contributed by atoms with Gasteiger partial charge in [-0.25, -0.2) is 0 Å². The predicted molar refractivity (Wildman–Crippen MR) is 50.7 cm³/mol. The van der Waals surface area contributed by atoms with Gasteiger partial charge in [0.2, 0.25) is 0 Å². The summed E-state index contributed by atoms with van der Waals surface area (Å²) in [4.78, 5) is 13.3. The van der Waals surface area contributed by atoms with Crippen LogP contribution in [0.4, 0.5) is 0 Å². The fourth-order valence-electron chi connectivity index (χ4n) is 0.860. The number of nitrogens with zero attached hydrogens (tertiary/aromatic N) is 1. The highest BCUT2D eigenvalue weighted by Crippen LogP contribution is 1.94. The monoisotopic (exact) mass is 182 g/mol. The molecule has 0 aliphatic carbocycles. The number of rotatable bonds is 2. The zero-order chi connectivity index (χ0) is 9.14. The second-order valence-corrected chi connectivity index (χ2v) is 3.08. The van der Waals surface area contributed by atoms with Crippen LogP contribution in [0.5, 0.6) is 0 Å². The van der Waals surface area contributed by atoms with E-state index in [1.165, 1.54) is 6.07 Å². The molecule has 0 aliphatic rings. The molecule has 0 spiro atoms. The summed E-state index contributed by atoms with van der Waals surface area (Å²) < 4.78 is 2.20. The number of hydrogen-bond acceptors (Lipinski definition) is 2. The van der Waals surface area contributed by atoms with Crippen molar-refractivity contribution in [2.75, 3.05) is 0 Å². The number of hydrogen-bond donors (Lipinski definition) is 1. The second-order valence-electron chi connectivity index (χ2n) is 2.70. The van der Waals surface area contributed by atoms with E-state index < -0.39 is 0 Å². The van der Waals surface area contributed by atoms with E-state index in [0.29, 0.717) is 11.3 Å². The molecule has 4 heteroatoms. The van der Waals surface area contributed by atoms with E-state index in [4.69, 9.17) is 12.2 Å². The topological polar surface area (TPSA) is 37.8 Å². The lowest BCUT2D eigenvalue weighted by Gasteiger charge is -2.03. The first-order valence-electron chi connectivity index (χ1n) is 3.54. The molecule has 64 valence electrons. The summed E-state index contributed by atoms with van der Waals surface area (Å²) in [5.41, 5.74) is 0.830. The molecule has 0 atom stereocenters. The van der Waals surface area contributed by atoms with E-state index in [1.807, 2.05) is 6.92 Å². The lowest BCUT2D eigenvalue weighted by Crippen LogP contribution is -2.11. The van der Waals surface area contributed by atoms with E-state index in [9.17, 15) is 4.79 Å². The lowest BCUT2D eigenvalue weighted by atomic mass is 10.3. The lowest BCUT2D eigenvalue weighted by molar-refractivity contribution is 0.735. The average Bonchev–Trinajstić information content (AvgIpc) is 1.94. The summed E-state index contributed by atoms with van der Waals surface area (Å²) in [6.45, 7) is 6.31. The third-order valence-corrected chi connectivity index (χ3v) is 1.67. The molecule has 0 radical (unpaired) electrons. The molecule has 1 aromatic rings. The Morgan fingerprint density at radius 2 is 2.50 bits per heavy atom. The van der Waals surface area contributed by atoms with Gasteiger partial charge in [-0.05, 0) is 19.1 Å². The van der Waals surface area contributed by atoms with Gasteiger partial charge in [0.25, 0.3) is 5.56 Å². The molecule has 1 rings (SSSR count). The zero-order valence-corrected chi connectivity index (χ0v) is 7.65. The summed E-state index contributed by atoms with van der Waals surface area (Å²) in [5, 5.41) is 0. The molecule has 0 saturated carbocycles. The zero-order valence-electron chi connectivity index (χ0n) is 6.83. The Morgan fingerprint density at radius 3 is 3.00 bits per heavy atom. The molecule has 0 fully saturated rings. The second kappa shape index (κ2) is 3.49. The van der Waals surface area contributed by atoms with Crippen molar-refractivity contribution in [3.63, 3.8) is 0 Å². The van der Waals surface area contributed by atoms with Crippen LogP contribution >= 0.6 is 12.2 Å². The molecule has 0 saturated heterocycles. The van der Waals surface area contributed by atoms with Crippen molar-refractivity contribution >= 4 is 12.2 Å². The molecule has 0 unspecified atom stereocenters. The molecular weight excluding hydrogens is 172 g/mol. The van der Waals surface area contributed by atoms with Crippen LogP contribution in [-0.4, -0.2) is 9.55 Å². The minimum Gasteiger partial charge on any atom is -0.321 e. The van der Waals surface area contributed by atoms with Gasteiger partial charge >= 0.3 is 0 Å². The summed E-state index contributed by atoms with van der Waals surface area (Å²) in [6.07, 6.45) is 1.66. The van der Waals surface area contributed by atoms with E-state index in [-0.39, 0.29) is 5.56 Å². The van der Waals surface area contributed by atoms with Gasteiger partial charge in [0.05, 0.1) is 0 Å². The van der Waals surface area contributed by atoms with Crippen LogP contribution in [0.15, 0.2) is 29.2 Å². The highest BCUT2D eigenvalue weighted by molar-refractivity contribution is 7.71. The van der Waals surface area contributed by atoms with Gasteiger partial charge in [0, 0.05) is 18.8 Å². The molecule has 1 heterocycles. The van der Waals surface area contributed by atoms with Crippen LogP contribution in [0, 0.1) is 4.77 Å². The summed E-state index contributed by atoms with van der Waals surface area (Å²) in [5.74, 6) is 0. The first kappa shape index (κ1) is 8.93. The van der Waals surface area contributed by atoms with Crippen LogP contribution in [0.1, 0.15) is 6.92 Å². The fourth-order valence-corrected chi connectivity index (χ4v) is 1.09. The van der Waals surface area contributed by atoms with E-state index in [1.54, 1.807) is 10.8 Å². The predicted octanol–water partition coefficient (Wildman–Crippen LogP) is 1.48. The number of nitrogens with one attached hydrogen (secondary N) is 1. The largest absolute Gasteiger partial charge is 0.321 e. The maximum atomic E-state index is 10.8. The van der Waals surface area contributed by atoms with Gasteiger partial charge in [-0.3, -0.25) is 9.78 Å². The van der Waals surface area contributed by atoms with Crippen molar-refractivity contribution in [3.05, 3.63) is 39.5 Å². The number of aromatic nitrogens is 2. The van der Waals surface area contributed by atoms with Gasteiger partial charge in [-0.15, -0.1) is 0 Å². The molecule has 0 aromatic carbocycles. The highest BCUT2D eigenvalue weighted by Gasteiger charge is 1.91. The molecule has 1 aromatic heterocycles. The van der Waals surface area contributed by atoms with Gasteiger partial charge in [0.15, 0.2) is 4.77 Å². The summed E-state index contributed by atoms with van der Waals surface area (Å²) in [7, 11) is 0. The maximum Gasteiger partial charge on any atom is 0.251 e. The van der Waals surface area contributed by atoms with Crippen LogP contribution in [-0.2, 0) is 6.54 Å².